The third-order valence-corrected chi connectivity index (χ3v) is 12.9. The summed E-state index contributed by atoms with van der Waals surface area (Å²) in [6.07, 6.45) is 18.1. The smallest absolute Gasteiger partial charge is 0.399 e. The Hall–Kier alpha value is -5.96. The van der Waals surface area contributed by atoms with Crippen molar-refractivity contribution < 1.29 is 9.31 Å². The molecule has 2 aliphatic carbocycles. The highest BCUT2D eigenvalue weighted by molar-refractivity contribution is 9.10. The summed E-state index contributed by atoms with van der Waals surface area (Å²) in [6, 6.07) is 28.7. The fraction of sp³-hybridized carbons (Fsp3) is 0.292. The van der Waals surface area contributed by atoms with Gasteiger partial charge in [-0.15, -0.1) is 0 Å². The molecule has 0 amide bonds. The average Bonchev–Trinajstić information content (AvgIpc) is 3.89. The minimum absolute atomic E-state index is 0.356. The number of anilines is 2. The second-order valence-corrected chi connectivity index (χ2v) is 18.2. The van der Waals surface area contributed by atoms with Gasteiger partial charge in [-0.05, 0) is 129 Å². The van der Waals surface area contributed by atoms with Gasteiger partial charge in [-0.1, -0.05) is 49.2 Å². The van der Waals surface area contributed by atoms with Crippen LogP contribution in [0.2, 0.25) is 0 Å². The van der Waals surface area contributed by atoms with Crippen molar-refractivity contribution in [3.05, 3.63) is 138 Å². The molecule has 8 aromatic rings. The van der Waals surface area contributed by atoms with E-state index in [1.54, 1.807) is 24.7 Å². The van der Waals surface area contributed by atoms with E-state index in [1.165, 1.54) is 49.9 Å². The van der Waals surface area contributed by atoms with Gasteiger partial charge in [-0.3, -0.25) is 9.97 Å². The Morgan fingerprint density at radius 2 is 1.13 bits per heavy atom. The number of benzene rings is 2. The first-order valence-corrected chi connectivity index (χ1v) is 22.0. The molecule has 6 aromatic heterocycles. The van der Waals surface area contributed by atoms with Gasteiger partial charge < -0.3 is 20.8 Å². The fourth-order valence-electron chi connectivity index (χ4n) is 7.75. The maximum Gasteiger partial charge on any atom is 0.494 e. The number of fused-ring (bicyclic) bond motifs is 2. The molecule has 14 heteroatoms. The van der Waals surface area contributed by atoms with Gasteiger partial charge in [-0.2, -0.15) is 10.2 Å². The molecular weight excluding hydrogens is 839 g/mol. The van der Waals surface area contributed by atoms with Crippen LogP contribution in [0.5, 0.6) is 0 Å². The summed E-state index contributed by atoms with van der Waals surface area (Å²) >= 11 is 3.22. The molecule has 11 rings (SSSR count). The molecule has 2 aromatic carbocycles. The molecule has 1 aliphatic heterocycles. The van der Waals surface area contributed by atoms with Gasteiger partial charge in [0.1, 0.15) is 0 Å². The number of nitrogens with zero attached hydrogens (tertiary/aromatic N) is 8. The zero-order chi connectivity index (χ0) is 43.0. The van der Waals surface area contributed by atoms with Crippen molar-refractivity contribution in [3.63, 3.8) is 0 Å². The highest BCUT2D eigenvalue weighted by atomic mass is 79.9. The second kappa shape index (κ2) is 17.1. The number of pyridine rings is 4. The molecule has 0 radical (unpaired) electrons. The minimum Gasteiger partial charge on any atom is -0.399 e. The lowest BCUT2D eigenvalue weighted by molar-refractivity contribution is 0.00578. The van der Waals surface area contributed by atoms with Crippen LogP contribution in [0.25, 0.3) is 44.6 Å². The van der Waals surface area contributed by atoms with Gasteiger partial charge in [0.15, 0.2) is 11.6 Å². The van der Waals surface area contributed by atoms with E-state index < -0.39 is 0 Å². The van der Waals surface area contributed by atoms with Crippen molar-refractivity contribution in [2.75, 3.05) is 11.5 Å². The van der Waals surface area contributed by atoms with Crippen LogP contribution in [-0.4, -0.2) is 57.8 Å². The Balaban J connectivity index is 0.000000135. The van der Waals surface area contributed by atoms with Crippen LogP contribution in [0, 0.1) is 0 Å². The van der Waals surface area contributed by atoms with E-state index in [4.69, 9.17) is 30.7 Å². The molecule has 0 unspecified atom stereocenters. The molecule has 314 valence electrons. The number of nitrogens with two attached hydrogens (primary N) is 2. The molecule has 0 spiro atoms. The summed E-state index contributed by atoms with van der Waals surface area (Å²) < 4.78 is 17.2. The number of hydrogen-bond donors (Lipinski definition) is 2. The first-order chi connectivity index (χ1) is 29.9. The molecule has 62 heavy (non-hydrogen) atoms. The Morgan fingerprint density at radius 1 is 0.597 bits per heavy atom. The predicted molar refractivity (Wildman–Crippen MR) is 251 cm³/mol. The Bertz CT molecular complexity index is 2840. The van der Waals surface area contributed by atoms with Gasteiger partial charge in [0.05, 0.1) is 46.0 Å². The second-order valence-electron chi connectivity index (χ2n) is 17.3. The van der Waals surface area contributed by atoms with Gasteiger partial charge in [0.25, 0.3) is 0 Å². The molecule has 0 atom stereocenters. The van der Waals surface area contributed by atoms with Crippen molar-refractivity contribution in [2.24, 2.45) is 0 Å². The normalized spacial score (nSPS) is 16.8. The van der Waals surface area contributed by atoms with Gasteiger partial charge in [-0.25, -0.2) is 19.3 Å². The summed E-state index contributed by atoms with van der Waals surface area (Å²) in [4.78, 5) is 17.8. The maximum absolute atomic E-state index is 6.23. The summed E-state index contributed by atoms with van der Waals surface area (Å²) in [5, 5.41) is 11.3. The monoisotopic (exact) mass is 888 g/mol. The first kappa shape index (κ1) is 41.4. The number of halogens is 1. The van der Waals surface area contributed by atoms with Crippen LogP contribution in [0.4, 0.5) is 11.4 Å². The van der Waals surface area contributed by atoms with Crippen LogP contribution in [-0.2, 0) is 9.31 Å². The maximum atomic E-state index is 6.23. The fourth-order valence-corrected chi connectivity index (χ4v) is 8.13. The number of hydrogen-bond acceptors (Lipinski definition) is 10. The van der Waals surface area contributed by atoms with Crippen molar-refractivity contribution >= 4 is 61.7 Å². The van der Waals surface area contributed by atoms with Crippen LogP contribution in [0.1, 0.15) is 89.4 Å². The van der Waals surface area contributed by atoms with E-state index in [0.29, 0.717) is 23.2 Å². The Labute approximate surface area is 370 Å². The summed E-state index contributed by atoms with van der Waals surface area (Å²) in [6.45, 7) is 8.30. The molecule has 12 nitrogen and oxygen atoms in total. The minimum atomic E-state index is -0.382. The molecule has 1 saturated heterocycles. The van der Waals surface area contributed by atoms with E-state index in [-0.39, 0.29) is 18.3 Å². The van der Waals surface area contributed by atoms with Gasteiger partial charge in [0.2, 0.25) is 0 Å². The quantitative estimate of drug-likeness (QED) is 0.154. The summed E-state index contributed by atoms with van der Waals surface area (Å²) in [5.41, 5.74) is 19.3. The summed E-state index contributed by atoms with van der Waals surface area (Å²) in [7, 11) is -0.382. The van der Waals surface area contributed by atoms with Crippen molar-refractivity contribution in [1.82, 2.24) is 39.5 Å². The summed E-state index contributed by atoms with van der Waals surface area (Å²) in [5.74, 6) is 2.94. The van der Waals surface area contributed by atoms with Gasteiger partial charge >= 0.3 is 7.12 Å². The molecule has 3 aliphatic rings. The lowest BCUT2D eigenvalue weighted by Gasteiger charge is -2.32. The van der Waals surface area contributed by atoms with Crippen LogP contribution in [0.15, 0.2) is 127 Å². The van der Waals surface area contributed by atoms with Crippen molar-refractivity contribution in [1.29, 1.82) is 0 Å². The molecule has 7 heterocycles. The van der Waals surface area contributed by atoms with Crippen LogP contribution in [0.3, 0.4) is 0 Å². The Kier molecular flexibility index (Phi) is 11.4. The van der Waals surface area contributed by atoms with Crippen LogP contribution < -0.4 is 16.9 Å². The lowest BCUT2D eigenvalue weighted by atomic mass is 9.79. The first-order valence-electron chi connectivity index (χ1n) is 21.2. The van der Waals surface area contributed by atoms with Gasteiger partial charge in [0, 0.05) is 68.8 Å². The zero-order valence-corrected chi connectivity index (χ0v) is 37.0. The van der Waals surface area contributed by atoms with E-state index in [9.17, 15) is 0 Å². The average molecular weight is 890 g/mol. The van der Waals surface area contributed by atoms with Crippen molar-refractivity contribution in [2.45, 2.75) is 89.3 Å². The lowest BCUT2D eigenvalue weighted by Crippen LogP contribution is -2.41. The van der Waals surface area contributed by atoms with E-state index in [1.807, 2.05) is 46.2 Å². The largest absolute Gasteiger partial charge is 0.494 e. The number of aromatic nitrogens is 8. The highest BCUT2D eigenvalue weighted by Gasteiger charge is 2.51. The predicted octanol–water partition coefficient (Wildman–Crippen LogP) is 9.75. The Morgan fingerprint density at radius 3 is 1.63 bits per heavy atom. The highest BCUT2D eigenvalue weighted by Crippen LogP contribution is 2.38. The molecule has 3 fully saturated rings. The molecule has 2 saturated carbocycles. The molecule has 4 N–H and O–H groups in total. The standard InChI is InChI=1S/C22H26BN3O2.C21H19N5.C5H5BrN2/c1-21(2)22(3,4)28-23(27-21)17-12-11-16-14-24-26(19(16)13-17)20-10-6-9-18(25-20)15-7-5-8-15;22-18-9-17(11-23-13-18)15-7-8-16-12-24-26(20(16)10-15)21-6-2-5-19(25-21)14-3-1-4-14;6-4-1-5(7)3-8-2-4/h6,9-15H,5,7-8H2,1-4H3;2,5-14H,1,3-4,22H2;1-3H,7H2. The van der Waals surface area contributed by atoms with E-state index >= 15 is 0 Å². The molecular formula is C48H50BBrN10O2. The zero-order valence-electron chi connectivity index (χ0n) is 35.4. The topological polar surface area (TPSA) is 158 Å². The third kappa shape index (κ3) is 8.59. The third-order valence-electron chi connectivity index (χ3n) is 12.5. The van der Waals surface area contributed by atoms with Crippen LogP contribution >= 0.6 is 15.9 Å². The van der Waals surface area contributed by atoms with E-state index in [2.05, 4.69) is 124 Å². The van der Waals surface area contributed by atoms with Crippen molar-refractivity contribution in [3.8, 4) is 22.8 Å². The SMILES string of the molecule is CC1(C)OB(c2ccc3cnn(-c4cccc(C5CCC5)n4)c3c2)OC1(C)C.Nc1cncc(-c2ccc3cnn(-c4cccc(C5CCC5)n4)c3c2)c1.Nc1cncc(Br)c1. The molecule has 0 bridgehead atoms. The van der Waals surface area contributed by atoms with E-state index in [0.717, 1.165) is 54.5 Å². The number of rotatable bonds is 6. The number of nitrogen functional groups attached to an aromatic ring is 2.